The number of nitrogens with zero attached hydrogens (tertiary/aromatic N) is 1. The van der Waals surface area contributed by atoms with Crippen molar-refractivity contribution in [3.05, 3.63) is 35.0 Å². The number of ether oxygens (including phenoxy) is 1. The molecule has 0 radical (unpaired) electrons. The number of pyridine rings is 1. The number of aromatic nitrogens is 1. The average molecular weight is 252 g/mol. The Bertz CT molecular complexity index is 583. The molecule has 2 aromatic rings. The molecule has 1 aromatic heterocycles. The number of hydrogen-bond donors (Lipinski definition) is 1. The van der Waals surface area contributed by atoms with Gasteiger partial charge in [-0.15, -0.1) is 0 Å². The molecule has 0 spiro atoms. The monoisotopic (exact) mass is 251 g/mol. The van der Waals surface area contributed by atoms with Crippen molar-refractivity contribution in [2.24, 2.45) is 0 Å². The van der Waals surface area contributed by atoms with Gasteiger partial charge in [0.1, 0.15) is 11.3 Å². The van der Waals surface area contributed by atoms with E-state index in [2.05, 4.69) is 4.98 Å². The lowest BCUT2D eigenvalue weighted by Gasteiger charge is -2.07. The maximum atomic E-state index is 10.6. The maximum Gasteiger partial charge on any atom is 0.309 e. The first-order valence-corrected chi connectivity index (χ1v) is 5.33. The number of aliphatic carboxylic acids is 1. The number of halogens is 1. The second kappa shape index (κ2) is 4.59. The molecule has 0 saturated carbocycles. The van der Waals surface area contributed by atoms with E-state index in [0.29, 0.717) is 22.0 Å². The maximum absolute atomic E-state index is 10.6. The Morgan fingerprint density at radius 3 is 2.82 bits per heavy atom. The number of rotatable bonds is 3. The van der Waals surface area contributed by atoms with E-state index in [1.807, 2.05) is 0 Å². The smallest absolute Gasteiger partial charge is 0.309 e. The minimum atomic E-state index is -0.919. The Hall–Kier alpha value is -1.81. The Balaban J connectivity index is 2.62. The van der Waals surface area contributed by atoms with E-state index >= 15 is 0 Å². The summed E-state index contributed by atoms with van der Waals surface area (Å²) >= 11 is 6.03. The molecule has 0 fully saturated rings. The minimum Gasteiger partial charge on any atom is -0.494 e. The van der Waals surface area contributed by atoms with Crippen LogP contribution in [0.5, 0.6) is 5.75 Å². The zero-order chi connectivity index (χ0) is 12.4. The summed E-state index contributed by atoms with van der Waals surface area (Å²) in [6.07, 6.45) is -0.119. The van der Waals surface area contributed by atoms with Crippen molar-refractivity contribution in [3.8, 4) is 5.75 Å². The lowest BCUT2D eigenvalue weighted by molar-refractivity contribution is -0.136. The van der Waals surface area contributed by atoms with Gasteiger partial charge in [0.25, 0.3) is 0 Å². The molecular weight excluding hydrogens is 242 g/mol. The SMILES string of the molecule is COc1ccc(Cl)c2ccc(CC(=O)O)nc12. The van der Waals surface area contributed by atoms with Crippen molar-refractivity contribution in [1.29, 1.82) is 0 Å². The van der Waals surface area contributed by atoms with Crippen LogP contribution in [0.25, 0.3) is 10.9 Å². The second-order valence-electron chi connectivity index (χ2n) is 3.52. The summed E-state index contributed by atoms with van der Waals surface area (Å²) in [4.78, 5) is 14.9. The van der Waals surface area contributed by atoms with Crippen LogP contribution in [0.1, 0.15) is 5.69 Å². The predicted molar refractivity (Wildman–Crippen MR) is 64.6 cm³/mol. The largest absolute Gasteiger partial charge is 0.494 e. The first kappa shape index (κ1) is 11.7. The minimum absolute atomic E-state index is 0.119. The van der Waals surface area contributed by atoms with Gasteiger partial charge in [-0.3, -0.25) is 4.79 Å². The molecule has 4 nitrogen and oxygen atoms in total. The summed E-state index contributed by atoms with van der Waals surface area (Å²) in [5.41, 5.74) is 1.06. The lowest BCUT2D eigenvalue weighted by atomic mass is 10.1. The van der Waals surface area contributed by atoms with Gasteiger partial charge in [0.05, 0.1) is 24.2 Å². The number of methoxy groups -OCH3 is 1. The third-order valence-corrected chi connectivity index (χ3v) is 2.71. The summed E-state index contributed by atoms with van der Waals surface area (Å²) in [6, 6.07) is 6.84. The van der Waals surface area contributed by atoms with Crippen molar-refractivity contribution < 1.29 is 14.6 Å². The van der Waals surface area contributed by atoms with Gasteiger partial charge in [0, 0.05) is 5.39 Å². The second-order valence-corrected chi connectivity index (χ2v) is 3.93. The predicted octanol–water partition coefficient (Wildman–Crippen LogP) is 2.52. The van der Waals surface area contributed by atoms with Crippen LogP contribution >= 0.6 is 11.6 Å². The molecule has 0 bridgehead atoms. The molecule has 5 heteroatoms. The summed E-state index contributed by atoms with van der Waals surface area (Å²) in [5, 5.41) is 10.0. The highest BCUT2D eigenvalue weighted by atomic mass is 35.5. The number of fused-ring (bicyclic) bond motifs is 1. The average Bonchev–Trinajstić information content (AvgIpc) is 2.29. The fourth-order valence-electron chi connectivity index (χ4n) is 1.62. The van der Waals surface area contributed by atoms with Crippen molar-refractivity contribution in [1.82, 2.24) is 4.98 Å². The molecule has 0 aliphatic rings. The number of carboxylic acid groups (broad SMARTS) is 1. The molecule has 2 rings (SSSR count). The zero-order valence-corrected chi connectivity index (χ0v) is 9.86. The van der Waals surface area contributed by atoms with Crippen LogP contribution in [0.2, 0.25) is 5.02 Å². The first-order chi connectivity index (χ1) is 8.11. The molecule has 0 saturated heterocycles. The molecule has 0 amide bonds. The van der Waals surface area contributed by atoms with Crippen LogP contribution in [0.15, 0.2) is 24.3 Å². The number of carbonyl (C=O) groups is 1. The van der Waals surface area contributed by atoms with Gasteiger partial charge in [0.15, 0.2) is 0 Å². The molecule has 0 unspecified atom stereocenters. The number of benzene rings is 1. The van der Waals surface area contributed by atoms with Gasteiger partial charge in [-0.25, -0.2) is 4.98 Å². The quantitative estimate of drug-likeness (QED) is 0.911. The summed E-state index contributed by atoms with van der Waals surface area (Å²) < 4.78 is 5.17. The van der Waals surface area contributed by atoms with Crippen LogP contribution in [0.4, 0.5) is 0 Å². The van der Waals surface area contributed by atoms with E-state index in [4.69, 9.17) is 21.4 Å². The molecule has 1 heterocycles. The Kier molecular flexibility index (Phi) is 3.15. The van der Waals surface area contributed by atoms with Crippen LogP contribution in [-0.2, 0) is 11.2 Å². The molecule has 0 atom stereocenters. The van der Waals surface area contributed by atoms with E-state index in [1.54, 1.807) is 24.3 Å². The fourth-order valence-corrected chi connectivity index (χ4v) is 1.83. The summed E-state index contributed by atoms with van der Waals surface area (Å²) in [6.45, 7) is 0. The standard InChI is InChI=1S/C12H10ClNO3/c1-17-10-5-4-9(13)8-3-2-7(6-11(15)16)14-12(8)10/h2-5H,6H2,1H3,(H,15,16). The highest BCUT2D eigenvalue weighted by Crippen LogP contribution is 2.30. The van der Waals surface area contributed by atoms with E-state index in [0.717, 1.165) is 5.39 Å². The van der Waals surface area contributed by atoms with Crippen LogP contribution in [0.3, 0.4) is 0 Å². The van der Waals surface area contributed by atoms with E-state index < -0.39 is 5.97 Å². The van der Waals surface area contributed by atoms with E-state index in [-0.39, 0.29) is 6.42 Å². The van der Waals surface area contributed by atoms with Crippen molar-refractivity contribution >= 4 is 28.5 Å². The molecule has 0 aliphatic carbocycles. The Morgan fingerprint density at radius 1 is 1.41 bits per heavy atom. The topological polar surface area (TPSA) is 59.4 Å². The van der Waals surface area contributed by atoms with Gasteiger partial charge in [-0.2, -0.15) is 0 Å². The first-order valence-electron chi connectivity index (χ1n) is 4.95. The van der Waals surface area contributed by atoms with Crippen LogP contribution in [-0.4, -0.2) is 23.2 Å². The van der Waals surface area contributed by atoms with E-state index in [9.17, 15) is 4.79 Å². The zero-order valence-electron chi connectivity index (χ0n) is 9.11. The Labute approximate surface area is 103 Å². The molecule has 1 aromatic carbocycles. The van der Waals surface area contributed by atoms with Crippen molar-refractivity contribution in [2.75, 3.05) is 7.11 Å². The van der Waals surface area contributed by atoms with Crippen LogP contribution in [0, 0.1) is 0 Å². The van der Waals surface area contributed by atoms with Gasteiger partial charge < -0.3 is 9.84 Å². The van der Waals surface area contributed by atoms with Gasteiger partial charge in [-0.05, 0) is 24.3 Å². The highest BCUT2D eigenvalue weighted by Gasteiger charge is 2.09. The third kappa shape index (κ3) is 2.31. The third-order valence-electron chi connectivity index (χ3n) is 2.38. The van der Waals surface area contributed by atoms with Gasteiger partial charge >= 0.3 is 5.97 Å². The summed E-state index contributed by atoms with van der Waals surface area (Å²) in [7, 11) is 1.54. The number of carboxylic acids is 1. The molecule has 0 aliphatic heterocycles. The fraction of sp³-hybridized carbons (Fsp3) is 0.167. The van der Waals surface area contributed by atoms with Crippen molar-refractivity contribution in [2.45, 2.75) is 6.42 Å². The molecule has 88 valence electrons. The lowest BCUT2D eigenvalue weighted by Crippen LogP contribution is -2.02. The summed E-state index contributed by atoms with van der Waals surface area (Å²) in [5.74, 6) is -0.338. The normalized spacial score (nSPS) is 10.5. The van der Waals surface area contributed by atoms with Gasteiger partial charge in [-0.1, -0.05) is 11.6 Å². The van der Waals surface area contributed by atoms with Crippen molar-refractivity contribution in [3.63, 3.8) is 0 Å². The van der Waals surface area contributed by atoms with Gasteiger partial charge in [0.2, 0.25) is 0 Å². The number of hydrogen-bond acceptors (Lipinski definition) is 3. The highest BCUT2D eigenvalue weighted by molar-refractivity contribution is 6.35. The molecule has 1 N–H and O–H groups in total. The van der Waals surface area contributed by atoms with E-state index in [1.165, 1.54) is 7.11 Å². The van der Waals surface area contributed by atoms with Crippen LogP contribution < -0.4 is 4.74 Å². The molecular formula is C12H10ClNO3. The molecule has 17 heavy (non-hydrogen) atoms. The Morgan fingerprint density at radius 2 is 2.18 bits per heavy atom.